The maximum Gasteiger partial charge on any atom is 0.147 e. The van der Waals surface area contributed by atoms with E-state index in [0.29, 0.717) is 16.5 Å². The minimum absolute atomic E-state index is 0.351. The average Bonchev–Trinajstić information content (AvgIpc) is 2.80. The molecule has 0 saturated carbocycles. The molecule has 2 aromatic carbocycles. The summed E-state index contributed by atoms with van der Waals surface area (Å²) in [5.74, 6) is 0.233. The Hall–Kier alpha value is -1.58. The normalized spacial score (nSPS) is 12.8. The van der Waals surface area contributed by atoms with Crippen LogP contribution in [0.25, 0.3) is 16.7 Å². The molecule has 1 atom stereocenters. The van der Waals surface area contributed by atoms with Crippen molar-refractivity contribution in [3.8, 4) is 5.69 Å². The van der Waals surface area contributed by atoms with Crippen molar-refractivity contribution in [2.45, 2.75) is 19.2 Å². The van der Waals surface area contributed by atoms with Crippen molar-refractivity contribution < 1.29 is 4.39 Å². The summed E-state index contributed by atoms with van der Waals surface area (Å²) in [4.78, 5) is 4.54. The number of imidazole rings is 1. The summed E-state index contributed by atoms with van der Waals surface area (Å²) in [7, 11) is 0. The third-order valence-electron chi connectivity index (χ3n) is 3.34. The van der Waals surface area contributed by atoms with Gasteiger partial charge in [0.2, 0.25) is 0 Å². The second-order valence-corrected chi connectivity index (χ2v) is 6.10. The fourth-order valence-corrected chi connectivity index (χ4v) is 2.70. The van der Waals surface area contributed by atoms with E-state index in [1.807, 2.05) is 32.0 Å². The number of nitrogens with zero attached hydrogens (tertiary/aromatic N) is 2. The van der Waals surface area contributed by atoms with E-state index in [1.165, 1.54) is 12.1 Å². The Balaban J connectivity index is 2.39. The number of aryl methyl sites for hydroxylation is 1. The van der Waals surface area contributed by atoms with Crippen LogP contribution >= 0.6 is 23.2 Å². The fraction of sp³-hybridized carbons (Fsp3) is 0.188. The van der Waals surface area contributed by atoms with Crippen molar-refractivity contribution in [1.29, 1.82) is 0 Å². The average molecular weight is 323 g/mol. The molecule has 0 fully saturated rings. The number of alkyl halides is 1. The number of rotatable bonds is 2. The number of benzene rings is 2. The first-order chi connectivity index (χ1) is 9.97. The van der Waals surface area contributed by atoms with Gasteiger partial charge in [0, 0.05) is 5.02 Å². The zero-order chi connectivity index (χ0) is 15.1. The maximum atomic E-state index is 14.2. The molecule has 0 bridgehead atoms. The Kier molecular flexibility index (Phi) is 3.64. The molecule has 0 N–H and O–H groups in total. The van der Waals surface area contributed by atoms with Gasteiger partial charge in [-0.2, -0.15) is 0 Å². The quantitative estimate of drug-likeness (QED) is 0.575. The minimum atomic E-state index is -0.363. The highest BCUT2D eigenvalue weighted by molar-refractivity contribution is 6.30. The van der Waals surface area contributed by atoms with E-state index < -0.39 is 0 Å². The van der Waals surface area contributed by atoms with Crippen molar-refractivity contribution in [3.63, 3.8) is 0 Å². The molecule has 2 nitrogen and oxygen atoms in total. The van der Waals surface area contributed by atoms with E-state index in [0.717, 1.165) is 16.6 Å². The molecule has 0 aliphatic carbocycles. The van der Waals surface area contributed by atoms with E-state index in [2.05, 4.69) is 4.98 Å². The Morgan fingerprint density at radius 1 is 1.19 bits per heavy atom. The second-order valence-electron chi connectivity index (χ2n) is 5.01. The summed E-state index contributed by atoms with van der Waals surface area (Å²) < 4.78 is 16.0. The fourth-order valence-electron chi connectivity index (χ4n) is 2.39. The second kappa shape index (κ2) is 5.32. The van der Waals surface area contributed by atoms with Crippen LogP contribution < -0.4 is 0 Å². The molecule has 0 spiro atoms. The monoisotopic (exact) mass is 322 g/mol. The summed E-state index contributed by atoms with van der Waals surface area (Å²) in [6.07, 6.45) is 0. The summed E-state index contributed by atoms with van der Waals surface area (Å²) in [6.45, 7) is 3.80. The highest BCUT2D eigenvalue weighted by atomic mass is 35.5. The molecule has 1 aromatic heterocycles. The van der Waals surface area contributed by atoms with Crippen LogP contribution in [0.2, 0.25) is 5.02 Å². The molecule has 0 amide bonds. The predicted molar refractivity (Wildman–Crippen MR) is 85.0 cm³/mol. The lowest BCUT2D eigenvalue weighted by Crippen LogP contribution is -2.04. The van der Waals surface area contributed by atoms with Crippen molar-refractivity contribution in [2.75, 3.05) is 0 Å². The molecule has 0 saturated heterocycles. The third-order valence-corrected chi connectivity index (χ3v) is 3.77. The van der Waals surface area contributed by atoms with E-state index in [4.69, 9.17) is 23.2 Å². The molecule has 1 unspecified atom stereocenters. The van der Waals surface area contributed by atoms with Crippen molar-refractivity contribution in [2.24, 2.45) is 0 Å². The molecule has 108 valence electrons. The van der Waals surface area contributed by atoms with Gasteiger partial charge < -0.3 is 0 Å². The highest BCUT2D eigenvalue weighted by Gasteiger charge is 2.18. The van der Waals surface area contributed by atoms with Gasteiger partial charge in [0.25, 0.3) is 0 Å². The molecule has 1 heterocycles. The van der Waals surface area contributed by atoms with Gasteiger partial charge in [-0.1, -0.05) is 17.7 Å². The first-order valence-electron chi connectivity index (χ1n) is 6.56. The van der Waals surface area contributed by atoms with Crippen LogP contribution in [0.5, 0.6) is 0 Å². The van der Waals surface area contributed by atoms with Gasteiger partial charge in [-0.3, -0.25) is 4.57 Å². The molecule has 21 heavy (non-hydrogen) atoms. The summed E-state index contributed by atoms with van der Waals surface area (Å²) >= 11 is 12.2. The summed E-state index contributed by atoms with van der Waals surface area (Å²) in [6, 6.07) is 10.3. The number of fused-ring (bicyclic) bond motifs is 1. The number of aromatic nitrogens is 2. The number of hydrogen-bond acceptors (Lipinski definition) is 1. The molecule has 0 aliphatic rings. The van der Waals surface area contributed by atoms with Crippen LogP contribution in [-0.2, 0) is 0 Å². The van der Waals surface area contributed by atoms with E-state index in [1.54, 1.807) is 10.6 Å². The van der Waals surface area contributed by atoms with Gasteiger partial charge >= 0.3 is 0 Å². The van der Waals surface area contributed by atoms with Gasteiger partial charge in [0.15, 0.2) is 0 Å². The predicted octanol–water partition coefficient (Wildman–Crippen LogP) is 5.43. The molecular formula is C16H13Cl2FN2. The molecule has 3 rings (SSSR count). The van der Waals surface area contributed by atoms with E-state index in [9.17, 15) is 4.39 Å². The lowest BCUT2D eigenvalue weighted by molar-refractivity contribution is 0.616. The Morgan fingerprint density at radius 3 is 2.67 bits per heavy atom. The standard InChI is InChI=1S/C16H13Cl2FN2/c1-9-3-6-14-13(7-9)20-16(10(2)17)21(14)15-8-11(18)4-5-12(15)19/h3-8,10H,1-2H3. The first-order valence-corrected chi connectivity index (χ1v) is 7.37. The van der Waals surface area contributed by atoms with Gasteiger partial charge in [0.05, 0.1) is 22.1 Å². The molecule has 5 heteroatoms. The molecule has 0 aliphatic heterocycles. The SMILES string of the molecule is Cc1ccc2c(c1)nc(C(C)Cl)n2-c1cc(Cl)ccc1F. The van der Waals surface area contributed by atoms with Crippen LogP contribution in [0.15, 0.2) is 36.4 Å². The first kappa shape index (κ1) is 14.4. The van der Waals surface area contributed by atoms with Gasteiger partial charge in [-0.05, 0) is 49.7 Å². The van der Waals surface area contributed by atoms with Crippen molar-refractivity contribution in [3.05, 3.63) is 58.6 Å². The Labute approximate surface area is 132 Å². The van der Waals surface area contributed by atoms with Crippen LogP contribution in [0.4, 0.5) is 4.39 Å². The largest absolute Gasteiger partial charge is 0.292 e. The molecule has 3 aromatic rings. The molecule has 0 radical (unpaired) electrons. The minimum Gasteiger partial charge on any atom is -0.292 e. The third kappa shape index (κ3) is 2.52. The lowest BCUT2D eigenvalue weighted by Gasteiger charge is -2.12. The molecular weight excluding hydrogens is 310 g/mol. The zero-order valence-electron chi connectivity index (χ0n) is 11.6. The van der Waals surface area contributed by atoms with Crippen molar-refractivity contribution in [1.82, 2.24) is 9.55 Å². The Morgan fingerprint density at radius 2 is 1.95 bits per heavy atom. The maximum absolute atomic E-state index is 14.2. The van der Waals surface area contributed by atoms with E-state index >= 15 is 0 Å². The van der Waals surface area contributed by atoms with Gasteiger partial charge in [-0.25, -0.2) is 9.37 Å². The van der Waals surface area contributed by atoms with Crippen LogP contribution in [-0.4, -0.2) is 9.55 Å². The van der Waals surface area contributed by atoms with Crippen LogP contribution in [0, 0.1) is 12.7 Å². The number of hydrogen-bond donors (Lipinski definition) is 0. The smallest absolute Gasteiger partial charge is 0.147 e. The summed E-state index contributed by atoms with van der Waals surface area (Å²) in [5.41, 5.74) is 3.05. The topological polar surface area (TPSA) is 17.8 Å². The summed E-state index contributed by atoms with van der Waals surface area (Å²) in [5, 5.41) is 0.115. The number of halogens is 3. The Bertz CT molecular complexity index is 825. The lowest BCUT2D eigenvalue weighted by atomic mass is 10.2. The van der Waals surface area contributed by atoms with Crippen LogP contribution in [0.1, 0.15) is 23.7 Å². The highest BCUT2D eigenvalue weighted by Crippen LogP contribution is 2.30. The van der Waals surface area contributed by atoms with Gasteiger partial charge in [0.1, 0.15) is 11.6 Å². The van der Waals surface area contributed by atoms with Crippen LogP contribution in [0.3, 0.4) is 0 Å². The zero-order valence-corrected chi connectivity index (χ0v) is 13.1. The van der Waals surface area contributed by atoms with Gasteiger partial charge in [-0.15, -0.1) is 11.6 Å². The van der Waals surface area contributed by atoms with E-state index in [-0.39, 0.29) is 11.2 Å². The van der Waals surface area contributed by atoms with Crippen molar-refractivity contribution >= 4 is 34.2 Å².